The maximum Gasteiger partial charge on any atom is 0.276 e. The van der Waals surface area contributed by atoms with Crippen molar-refractivity contribution in [2.24, 2.45) is 0 Å². The summed E-state index contributed by atoms with van der Waals surface area (Å²) in [6, 6.07) is 15.6. The van der Waals surface area contributed by atoms with Gasteiger partial charge in [0.15, 0.2) is 29.0 Å². The first kappa shape index (κ1) is 100. The van der Waals surface area contributed by atoms with Gasteiger partial charge < -0.3 is 44.7 Å². The first-order chi connectivity index (χ1) is 64.0. The number of nitrogens with zero attached hydrogens (tertiary/aromatic N) is 18. The first-order valence-corrected chi connectivity index (χ1v) is 44.9. The molecule has 3 amide bonds. The van der Waals surface area contributed by atoms with E-state index in [1.165, 1.54) is 50.1 Å². The lowest BCUT2D eigenvalue weighted by molar-refractivity contribution is -0.127. The summed E-state index contributed by atoms with van der Waals surface area (Å²) in [6.45, 7) is 30.7. The lowest BCUT2D eigenvalue weighted by atomic mass is 10.0. The van der Waals surface area contributed by atoms with E-state index in [4.69, 9.17) is 126 Å². The number of anilines is 3. The monoisotopic (exact) mass is 2030 g/mol. The highest BCUT2D eigenvalue weighted by Gasteiger charge is 2.38. The molecule has 3 aliphatic rings. The highest BCUT2D eigenvalue weighted by Crippen LogP contribution is 2.53. The van der Waals surface area contributed by atoms with Gasteiger partial charge in [-0.1, -0.05) is 177 Å². The van der Waals surface area contributed by atoms with Crippen LogP contribution in [0.1, 0.15) is 110 Å². The van der Waals surface area contributed by atoms with Crippen LogP contribution in [0.2, 0.25) is 50.2 Å². The van der Waals surface area contributed by atoms with Crippen LogP contribution in [-0.2, 0) is 14.4 Å². The molecular formula is C93H75Cl10F5N18O9. The zero-order valence-corrected chi connectivity index (χ0v) is 80.3. The lowest BCUT2D eigenvalue weighted by Crippen LogP contribution is -2.49. The van der Waals surface area contributed by atoms with Gasteiger partial charge in [-0.15, -0.1) is 0 Å². The second-order valence-corrected chi connectivity index (χ2v) is 35.9. The fourth-order valence-electron chi connectivity index (χ4n) is 16.4. The maximum absolute atomic E-state index is 15.0. The van der Waals surface area contributed by atoms with Gasteiger partial charge in [0.2, 0.25) is 23.5 Å². The predicted molar refractivity (Wildman–Crippen MR) is 514 cm³/mol. The number of halogens is 15. The molecule has 0 bridgehead atoms. The number of fused-ring (bicyclic) bond motifs is 3. The van der Waals surface area contributed by atoms with Gasteiger partial charge in [-0.2, -0.15) is 20.2 Å². The third-order valence-corrected chi connectivity index (χ3v) is 26.6. The van der Waals surface area contributed by atoms with Crippen molar-refractivity contribution in [2.75, 3.05) is 93.2 Å². The molecule has 12 heterocycles. The molecule has 0 spiro atoms. The number of benzene rings is 3. The topological polar surface area (TPSA) is 346 Å². The number of carbonyl (C=O) groups is 3. The standard InChI is InChI=1S/2C31H25Cl4FN6O3.C31H25Cl2F3N6O3/c2*1-5-19(43)40-8-10-41(11-9-40)28-16-12-18(32)26(20-21(33)24(36)22(34)23(35)29(20)44)39-30(16)42(31(45)17(28)13-37)27-15(4)6-7-38-25(27)14(2)3;1-5-19(43)40-8-10-41(11-9-40)28-16-12-18(32)26(20-21(33)22(34)23(35)24(36)29(20)44)39-30(16)42(31(45)17(28)13-37)27-15(4)6-7-38-25(27)14(2)3/h3*5-7,12,14,44H,1,8-11H2,2-4H3. The van der Waals surface area contributed by atoms with Crippen LogP contribution in [0.15, 0.2) is 107 Å². The summed E-state index contributed by atoms with van der Waals surface area (Å²) in [5.74, 6) is -11.7. The Labute approximate surface area is 817 Å². The minimum absolute atomic E-state index is 0.0398. The van der Waals surface area contributed by atoms with Crippen molar-refractivity contribution in [3.05, 3.63) is 254 Å². The Kier molecular flexibility index (Phi) is 29.9. The van der Waals surface area contributed by atoms with Crippen molar-refractivity contribution in [1.82, 2.24) is 58.3 Å². The molecule has 0 atom stereocenters. The first-order valence-electron chi connectivity index (χ1n) is 41.1. The molecule has 3 fully saturated rings. The molecule has 12 aromatic rings. The van der Waals surface area contributed by atoms with E-state index in [0.717, 1.165) is 0 Å². The molecule has 696 valence electrons. The van der Waals surface area contributed by atoms with Crippen molar-refractivity contribution in [3.63, 3.8) is 0 Å². The number of hydrogen-bond donors (Lipinski definition) is 3. The largest absolute Gasteiger partial charge is 0.506 e. The molecule has 0 unspecified atom stereocenters. The molecule has 3 aromatic carbocycles. The summed E-state index contributed by atoms with van der Waals surface area (Å²) in [4.78, 5) is 117. The van der Waals surface area contributed by atoms with Gasteiger partial charge >= 0.3 is 0 Å². The van der Waals surface area contributed by atoms with E-state index in [1.807, 2.05) is 57.4 Å². The molecule has 42 heteroatoms. The molecule has 27 nitrogen and oxygen atoms in total. The third-order valence-electron chi connectivity index (χ3n) is 23.0. The van der Waals surface area contributed by atoms with Crippen LogP contribution in [0.25, 0.3) is 83.9 Å². The Morgan fingerprint density at radius 1 is 0.378 bits per heavy atom. The van der Waals surface area contributed by atoms with Crippen molar-refractivity contribution >= 4 is 184 Å². The number of piperazine rings is 3. The minimum Gasteiger partial charge on any atom is -0.506 e. The zero-order valence-electron chi connectivity index (χ0n) is 72.8. The van der Waals surface area contributed by atoms with E-state index >= 15 is 8.78 Å². The number of pyridine rings is 9. The number of rotatable bonds is 15. The Balaban J connectivity index is 0.000000171. The predicted octanol–water partition coefficient (Wildman–Crippen LogP) is 20.1. The average molecular weight is 2040 g/mol. The molecular weight excluding hydrogens is 1960 g/mol. The molecule has 3 N–H and O–H groups in total. The van der Waals surface area contributed by atoms with Gasteiger partial charge in [-0.3, -0.25) is 57.4 Å². The van der Waals surface area contributed by atoms with Crippen molar-refractivity contribution in [1.29, 1.82) is 15.8 Å². The molecule has 9 aromatic heterocycles. The Morgan fingerprint density at radius 2 is 0.630 bits per heavy atom. The second kappa shape index (κ2) is 40.3. The van der Waals surface area contributed by atoms with Crippen LogP contribution in [-0.4, -0.2) is 170 Å². The zero-order chi connectivity index (χ0) is 98.7. The number of amides is 3. The van der Waals surface area contributed by atoms with Gasteiger partial charge in [0.25, 0.3) is 16.7 Å². The second-order valence-electron chi connectivity index (χ2n) is 32.0. The number of phenols is 3. The number of aromatic nitrogens is 9. The Morgan fingerprint density at radius 3 is 0.874 bits per heavy atom. The number of aryl methyl sites for hydroxylation is 3. The summed E-state index contributed by atoms with van der Waals surface area (Å²) in [7, 11) is 0. The van der Waals surface area contributed by atoms with Gasteiger partial charge in [0, 0.05) is 113 Å². The number of phenolic OH excluding ortho intramolecular Hbond substituents is 3. The average Bonchev–Trinajstić information content (AvgIpc) is 0.728. The SMILES string of the molecule is C=CC(=O)N1CCN(c2c(C#N)c(=O)n(-c3c(C)ccnc3C(C)C)c3nc(-c4c(O)c(Cl)c(Cl)c(F)c4Cl)c(Cl)cc23)CC1.C=CC(=O)N1CCN(c2c(C#N)c(=O)n(-c3c(C)ccnc3C(C)C)c3nc(-c4c(O)c(Cl)c(Cl)c(F)c4Cl)c(Cl)cc23)CC1.C=CC(=O)N1CCN(c2c(C#N)c(=O)n(-c3c(C)ccnc3C(C)C)c3nc(-c4c(O)c(F)c(F)c(F)c4Cl)c(Cl)cc23)CC1. The van der Waals surface area contributed by atoms with E-state index in [9.17, 15) is 73.0 Å². The molecule has 0 aliphatic carbocycles. The van der Waals surface area contributed by atoms with Crippen LogP contribution in [0.3, 0.4) is 0 Å². The van der Waals surface area contributed by atoms with Crippen molar-refractivity contribution < 1.29 is 51.7 Å². The quantitative estimate of drug-likeness (QED) is 0.0371. The van der Waals surface area contributed by atoms with Gasteiger partial charge in [-0.05, 0) is 110 Å². The smallest absolute Gasteiger partial charge is 0.276 e. The molecule has 15 rings (SSSR count). The van der Waals surface area contributed by atoms with E-state index in [-0.39, 0.29) is 155 Å². The van der Waals surface area contributed by atoms with Crippen LogP contribution in [0.5, 0.6) is 17.2 Å². The Hall–Kier alpha value is -12.4. The van der Waals surface area contributed by atoms with Gasteiger partial charge in [0.1, 0.15) is 83.4 Å². The molecule has 3 saturated heterocycles. The summed E-state index contributed by atoms with van der Waals surface area (Å²) in [6.07, 6.45) is 8.47. The number of nitriles is 3. The third kappa shape index (κ3) is 17.9. The van der Waals surface area contributed by atoms with E-state index < -0.39 is 109 Å². The van der Waals surface area contributed by atoms with Crippen LogP contribution in [0, 0.1) is 83.9 Å². The molecule has 3 aliphatic heterocycles. The molecule has 0 saturated carbocycles. The molecule has 0 radical (unpaired) electrons. The van der Waals surface area contributed by atoms with E-state index in [2.05, 4.69) is 51.8 Å². The summed E-state index contributed by atoms with van der Waals surface area (Å²) in [5, 5.41) is 59.6. The van der Waals surface area contributed by atoms with Crippen molar-refractivity contribution in [2.45, 2.75) is 80.1 Å². The number of carbonyl (C=O) groups excluding carboxylic acids is 3. The summed E-state index contributed by atoms with van der Waals surface area (Å²) < 4.78 is 77.0. The highest BCUT2D eigenvalue weighted by atomic mass is 35.5. The fraction of sp³-hybridized carbons (Fsp3) is 0.258. The van der Waals surface area contributed by atoms with E-state index in [1.54, 1.807) is 77.2 Å². The van der Waals surface area contributed by atoms with Crippen LogP contribution >= 0.6 is 116 Å². The number of hydrogen-bond acceptors (Lipinski definition) is 21. The van der Waals surface area contributed by atoms with Crippen LogP contribution in [0.4, 0.5) is 39.0 Å². The van der Waals surface area contributed by atoms with E-state index in [0.29, 0.717) is 114 Å². The van der Waals surface area contributed by atoms with Gasteiger partial charge in [-0.25, -0.2) is 32.5 Å². The molecule has 135 heavy (non-hydrogen) atoms. The minimum atomic E-state index is -1.99. The maximum atomic E-state index is 15.0. The Bertz CT molecular complexity index is 6650. The highest BCUT2D eigenvalue weighted by molar-refractivity contribution is 6.47. The van der Waals surface area contributed by atoms with Crippen molar-refractivity contribution in [3.8, 4) is 86.3 Å². The summed E-state index contributed by atoms with van der Waals surface area (Å²) >= 11 is 63.0. The summed E-state index contributed by atoms with van der Waals surface area (Å²) in [5.41, 5.74) is 0.480. The fourth-order valence-corrected chi connectivity index (χ4v) is 18.8. The lowest BCUT2D eigenvalue weighted by Gasteiger charge is -2.36. The normalized spacial score (nSPS) is 13.4. The van der Waals surface area contributed by atoms with Gasteiger partial charge in [0.05, 0.1) is 115 Å². The van der Waals surface area contributed by atoms with Crippen LogP contribution < -0.4 is 31.4 Å². The number of aromatic hydroxyl groups is 3.